The van der Waals surface area contributed by atoms with Crippen LogP contribution in [0.5, 0.6) is 0 Å². The zero-order valence-corrected chi connectivity index (χ0v) is 17.0. The number of hydrogen-bond donors (Lipinski definition) is 1. The number of nitro groups is 1. The molecular formula is C21H13N5O5S. The molecule has 11 heteroatoms. The highest BCUT2D eigenvalue weighted by Gasteiger charge is 2.22. The Hall–Kier alpha value is -4.51. The van der Waals surface area contributed by atoms with Crippen molar-refractivity contribution in [1.29, 1.82) is 0 Å². The summed E-state index contributed by atoms with van der Waals surface area (Å²) < 4.78 is 12.5. The van der Waals surface area contributed by atoms with E-state index in [9.17, 15) is 14.9 Å². The van der Waals surface area contributed by atoms with Crippen LogP contribution in [0.15, 0.2) is 82.5 Å². The first-order chi connectivity index (χ1) is 15.6. The number of nitro benzene ring substituents is 1. The second kappa shape index (κ2) is 7.96. The van der Waals surface area contributed by atoms with Crippen molar-refractivity contribution in [3.8, 4) is 27.8 Å². The molecule has 0 spiro atoms. The van der Waals surface area contributed by atoms with Gasteiger partial charge < -0.3 is 13.4 Å². The molecule has 0 atom stereocenters. The Bertz CT molecular complexity index is 1340. The molecule has 0 aliphatic heterocycles. The van der Waals surface area contributed by atoms with Crippen LogP contribution < -0.4 is 5.32 Å². The second-order valence-corrected chi connectivity index (χ2v) is 7.54. The van der Waals surface area contributed by atoms with Crippen molar-refractivity contribution < 1.29 is 18.6 Å². The topological polar surface area (TPSA) is 129 Å². The monoisotopic (exact) mass is 447 g/mol. The third kappa shape index (κ3) is 3.56. The Balaban J connectivity index is 1.47. The van der Waals surface area contributed by atoms with E-state index >= 15 is 0 Å². The lowest BCUT2D eigenvalue weighted by atomic mass is 10.1. The van der Waals surface area contributed by atoms with Crippen molar-refractivity contribution in [2.75, 3.05) is 5.32 Å². The number of hydrogen-bond acceptors (Lipinski definition) is 8. The maximum absolute atomic E-state index is 12.8. The number of imidazole rings is 1. The molecule has 4 aromatic heterocycles. The van der Waals surface area contributed by atoms with Crippen molar-refractivity contribution >= 4 is 28.1 Å². The highest BCUT2D eigenvalue weighted by Crippen LogP contribution is 2.39. The smallest absolute Gasteiger partial charge is 0.294 e. The summed E-state index contributed by atoms with van der Waals surface area (Å²) >= 11 is 1.21. The third-order valence-corrected chi connectivity index (χ3v) is 5.55. The molecule has 0 fully saturated rings. The van der Waals surface area contributed by atoms with E-state index < -0.39 is 10.8 Å². The molecule has 0 bridgehead atoms. The van der Waals surface area contributed by atoms with E-state index in [1.807, 2.05) is 0 Å². The lowest BCUT2D eigenvalue weighted by Gasteiger charge is -2.06. The van der Waals surface area contributed by atoms with Gasteiger partial charge in [0.25, 0.3) is 11.6 Å². The molecule has 0 saturated carbocycles. The van der Waals surface area contributed by atoms with Crippen LogP contribution in [0.25, 0.3) is 27.8 Å². The summed E-state index contributed by atoms with van der Waals surface area (Å²) in [5, 5.41) is 14.6. The number of benzene rings is 1. The minimum atomic E-state index is -0.542. The number of nitrogens with one attached hydrogen (secondary N) is 1. The Labute approximate surface area is 183 Å². The average molecular weight is 447 g/mol. The van der Waals surface area contributed by atoms with Crippen LogP contribution in [0.1, 0.15) is 10.4 Å². The van der Waals surface area contributed by atoms with Gasteiger partial charge in [-0.15, -0.1) is 0 Å². The van der Waals surface area contributed by atoms with Gasteiger partial charge in [0, 0.05) is 24.0 Å². The van der Waals surface area contributed by atoms with Crippen LogP contribution in [0.4, 0.5) is 10.8 Å². The molecule has 10 nitrogen and oxygen atoms in total. The van der Waals surface area contributed by atoms with Gasteiger partial charge in [0.2, 0.25) is 0 Å². The predicted molar refractivity (Wildman–Crippen MR) is 116 cm³/mol. The summed E-state index contributed by atoms with van der Waals surface area (Å²) in [5.74, 6) is 0.569. The summed E-state index contributed by atoms with van der Waals surface area (Å²) in [6.07, 6.45) is 7.62. The standard InChI is InChI=1S/C21H13N5O5S/c27-20(13-5-6-14(15(11-13)26(28)29)25-8-7-22-12-25)24-21-23-18(16-3-1-9-30-16)19(32-21)17-4-2-10-31-17/h1-12H,(H,23,24,27). The summed E-state index contributed by atoms with van der Waals surface area (Å²) in [4.78, 5) is 32.9. The highest BCUT2D eigenvalue weighted by molar-refractivity contribution is 7.19. The molecule has 1 N–H and O–H groups in total. The SMILES string of the molecule is O=C(Nc1nc(-c2ccco2)c(-c2ccco2)s1)c1ccc(-n2ccnc2)c([N+](=O)[O-])c1. The molecular weight excluding hydrogens is 434 g/mol. The van der Waals surface area contributed by atoms with Gasteiger partial charge in [-0.3, -0.25) is 20.2 Å². The van der Waals surface area contributed by atoms with Crippen LogP contribution >= 0.6 is 11.3 Å². The number of nitrogens with zero attached hydrogens (tertiary/aromatic N) is 4. The number of anilines is 1. The summed E-state index contributed by atoms with van der Waals surface area (Å²) in [7, 11) is 0. The normalized spacial score (nSPS) is 10.9. The minimum absolute atomic E-state index is 0.120. The molecule has 4 heterocycles. The van der Waals surface area contributed by atoms with Crippen LogP contribution in [0.3, 0.4) is 0 Å². The first-order valence-electron chi connectivity index (χ1n) is 9.27. The maximum atomic E-state index is 12.8. The van der Waals surface area contributed by atoms with E-state index in [1.54, 1.807) is 36.7 Å². The molecule has 0 aliphatic rings. The number of amides is 1. The Morgan fingerprint density at radius 2 is 1.91 bits per heavy atom. The molecule has 0 unspecified atom stereocenters. The van der Waals surface area contributed by atoms with Gasteiger partial charge in [0.05, 0.1) is 23.8 Å². The van der Waals surface area contributed by atoms with E-state index in [1.165, 1.54) is 52.9 Å². The van der Waals surface area contributed by atoms with Gasteiger partial charge >= 0.3 is 0 Å². The molecule has 1 amide bonds. The van der Waals surface area contributed by atoms with Gasteiger partial charge in [-0.1, -0.05) is 11.3 Å². The first kappa shape index (κ1) is 19.5. The molecule has 1 aromatic carbocycles. The fourth-order valence-electron chi connectivity index (χ4n) is 3.13. The van der Waals surface area contributed by atoms with Crippen LogP contribution in [0, 0.1) is 10.1 Å². The van der Waals surface area contributed by atoms with Gasteiger partial charge in [-0.05, 0) is 36.4 Å². The number of thiazole rings is 1. The number of aromatic nitrogens is 3. The second-order valence-electron chi connectivity index (χ2n) is 6.54. The van der Waals surface area contributed by atoms with E-state index in [0.29, 0.717) is 32.9 Å². The fourth-order valence-corrected chi connectivity index (χ4v) is 4.06. The number of furan rings is 2. The quantitative estimate of drug-likeness (QED) is 0.286. The Morgan fingerprint density at radius 1 is 1.12 bits per heavy atom. The van der Waals surface area contributed by atoms with E-state index in [4.69, 9.17) is 8.83 Å². The minimum Gasteiger partial charge on any atom is -0.463 e. The third-order valence-electron chi connectivity index (χ3n) is 4.56. The largest absolute Gasteiger partial charge is 0.463 e. The Morgan fingerprint density at radius 3 is 2.56 bits per heavy atom. The number of rotatable bonds is 6. The van der Waals surface area contributed by atoms with Gasteiger partial charge in [0.1, 0.15) is 22.0 Å². The molecule has 5 rings (SSSR count). The van der Waals surface area contributed by atoms with Crippen molar-refractivity contribution in [1.82, 2.24) is 14.5 Å². The summed E-state index contributed by atoms with van der Waals surface area (Å²) in [6, 6.07) is 11.2. The number of carbonyl (C=O) groups is 1. The molecule has 5 aromatic rings. The van der Waals surface area contributed by atoms with E-state index in [2.05, 4.69) is 15.3 Å². The molecule has 0 aliphatic carbocycles. The van der Waals surface area contributed by atoms with Crippen LogP contribution in [-0.4, -0.2) is 25.4 Å². The lowest BCUT2D eigenvalue weighted by molar-refractivity contribution is -0.384. The zero-order valence-electron chi connectivity index (χ0n) is 16.2. The van der Waals surface area contributed by atoms with Crippen LogP contribution in [-0.2, 0) is 0 Å². The van der Waals surface area contributed by atoms with Gasteiger partial charge in [-0.2, -0.15) is 0 Å². The molecule has 158 valence electrons. The predicted octanol–water partition coefficient (Wildman–Crippen LogP) is 5.01. The summed E-state index contributed by atoms with van der Waals surface area (Å²) in [6.45, 7) is 0. The van der Waals surface area contributed by atoms with E-state index in [-0.39, 0.29) is 11.3 Å². The van der Waals surface area contributed by atoms with Crippen molar-refractivity contribution in [3.63, 3.8) is 0 Å². The van der Waals surface area contributed by atoms with E-state index in [0.717, 1.165) is 0 Å². The molecule has 32 heavy (non-hydrogen) atoms. The lowest BCUT2D eigenvalue weighted by Crippen LogP contribution is -2.12. The maximum Gasteiger partial charge on any atom is 0.294 e. The first-order valence-corrected chi connectivity index (χ1v) is 10.1. The highest BCUT2D eigenvalue weighted by atomic mass is 32.1. The average Bonchev–Trinajstić information content (AvgIpc) is 3.60. The van der Waals surface area contributed by atoms with Crippen molar-refractivity contribution in [2.45, 2.75) is 0 Å². The van der Waals surface area contributed by atoms with Crippen molar-refractivity contribution in [3.05, 3.63) is 89.4 Å². The van der Waals surface area contributed by atoms with Gasteiger partial charge in [-0.25, -0.2) is 9.97 Å². The van der Waals surface area contributed by atoms with Crippen molar-refractivity contribution in [2.24, 2.45) is 0 Å². The van der Waals surface area contributed by atoms with Gasteiger partial charge in [0.15, 0.2) is 10.9 Å². The fraction of sp³-hybridized carbons (Fsp3) is 0. The number of carbonyl (C=O) groups excluding carboxylic acids is 1. The van der Waals surface area contributed by atoms with Crippen LogP contribution in [0.2, 0.25) is 0 Å². The zero-order chi connectivity index (χ0) is 22.1. The Kier molecular flexibility index (Phi) is 4.84. The molecule has 0 radical (unpaired) electrons. The molecule has 0 saturated heterocycles. The summed E-state index contributed by atoms with van der Waals surface area (Å²) in [5.41, 5.74) is 0.724.